The van der Waals surface area contributed by atoms with Crippen LogP contribution < -0.4 is 4.72 Å². The predicted octanol–water partition coefficient (Wildman–Crippen LogP) is 0.352. The minimum atomic E-state index is -3.04. The standard InChI is InChI=1S/C7H17NO3S/c1-3-8-12(9,10)7-5-6-11-4-2/h8H,3-7H2,1-2H3. The zero-order valence-electron chi connectivity index (χ0n) is 7.67. The summed E-state index contributed by atoms with van der Waals surface area (Å²) in [5, 5.41) is 0. The number of nitrogens with one attached hydrogen (secondary N) is 1. The second-order valence-corrected chi connectivity index (χ2v) is 4.29. The fourth-order valence-electron chi connectivity index (χ4n) is 0.787. The van der Waals surface area contributed by atoms with Crippen molar-refractivity contribution in [1.29, 1.82) is 0 Å². The predicted molar refractivity (Wildman–Crippen MR) is 48.6 cm³/mol. The number of hydrogen-bond acceptors (Lipinski definition) is 3. The van der Waals surface area contributed by atoms with Crippen molar-refractivity contribution in [2.75, 3.05) is 25.5 Å². The first-order valence-electron chi connectivity index (χ1n) is 4.17. The highest BCUT2D eigenvalue weighted by atomic mass is 32.2. The zero-order valence-corrected chi connectivity index (χ0v) is 8.49. The van der Waals surface area contributed by atoms with E-state index in [4.69, 9.17) is 4.74 Å². The van der Waals surface area contributed by atoms with E-state index in [1.54, 1.807) is 6.92 Å². The van der Waals surface area contributed by atoms with Crippen molar-refractivity contribution >= 4 is 10.0 Å². The molecule has 0 saturated heterocycles. The van der Waals surface area contributed by atoms with Gasteiger partial charge in [-0.15, -0.1) is 0 Å². The average molecular weight is 195 g/mol. The number of hydrogen-bond donors (Lipinski definition) is 1. The average Bonchev–Trinajstić information content (AvgIpc) is 1.98. The molecular weight excluding hydrogens is 178 g/mol. The Bertz CT molecular complexity index is 189. The van der Waals surface area contributed by atoms with Crippen LogP contribution in [-0.4, -0.2) is 33.9 Å². The molecule has 1 N–H and O–H groups in total. The second-order valence-electron chi connectivity index (χ2n) is 2.37. The first-order chi connectivity index (χ1) is 5.62. The Kier molecular flexibility index (Phi) is 6.32. The molecule has 4 nitrogen and oxygen atoms in total. The Hall–Kier alpha value is -0.130. The highest BCUT2D eigenvalue weighted by molar-refractivity contribution is 7.89. The van der Waals surface area contributed by atoms with E-state index >= 15 is 0 Å². The van der Waals surface area contributed by atoms with Crippen LogP contribution in [-0.2, 0) is 14.8 Å². The summed E-state index contributed by atoms with van der Waals surface area (Å²) in [6, 6.07) is 0. The van der Waals surface area contributed by atoms with Crippen LogP contribution in [0.15, 0.2) is 0 Å². The van der Waals surface area contributed by atoms with E-state index in [0.29, 0.717) is 26.2 Å². The summed E-state index contributed by atoms with van der Waals surface area (Å²) in [7, 11) is -3.04. The molecule has 0 aromatic rings. The molecular formula is C7H17NO3S. The van der Waals surface area contributed by atoms with Gasteiger partial charge in [0.1, 0.15) is 0 Å². The molecule has 0 spiro atoms. The molecule has 0 rings (SSSR count). The smallest absolute Gasteiger partial charge is 0.211 e. The maximum Gasteiger partial charge on any atom is 0.211 e. The lowest BCUT2D eigenvalue weighted by Gasteiger charge is -2.03. The molecule has 0 aliphatic carbocycles. The zero-order chi connectivity index (χ0) is 9.45. The summed E-state index contributed by atoms with van der Waals surface area (Å²) >= 11 is 0. The molecule has 0 fully saturated rings. The first kappa shape index (κ1) is 11.9. The van der Waals surface area contributed by atoms with Crippen LogP contribution in [0.3, 0.4) is 0 Å². The maximum atomic E-state index is 11.0. The molecule has 0 amide bonds. The van der Waals surface area contributed by atoms with E-state index in [1.165, 1.54) is 0 Å². The van der Waals surface area contributed by atoms with Gasteiger partial charge in [-0.05, 0) is 13.3 Å². The van der Waals surface area contributed by atoms with Crippen molar-refractivity contribution in [2.45, 2.75) is 20.3 Å². The molecule has 0 aromatic carbocycles. The quantitative estimate of drug-likeness (QED) is 0.596. The van der Waals surface area contributed by atoms with Gasteiger partial charge >= 0.3 is 0 Å². The number of ether oxygens (including phenoxy) is 1. The van der Waals surface area contributed by atoms with E-state index in [1.807, 2.05) is 6.92 Å². The summed E-state index contributed by atoms with van der Waals surface area (Å²) in [5.74, 6) is 0.154. The Morgan fingerprint density at radius 3 is 2.50 bits per heavy atom. The van der Waals surface area contributed by atoms with Crippen molar-refractivity contribution < 1.29 is 13.2 Å². The molecule has 74 valence electrons. The van der Waals surface area contributed by atoms with Crippen LogP contribution in [0.1, 0.15) is 20.3 Å². The van der Waals surface area contributed by atoms with Gasteiger partial charge in [0.2, 0.25) is 10.0 Å². The van der Waals surface area contributed by atoms with E-state index < -0.39 is 10.0 Å². The minimum Gasteiger partial charge on any atom is -0.382 e. The molecule has 0 unspecified atom stereocenters. The van der Waals surface area contributed by atoms with E-state index in [9.17, 15) is 8.42 Å². The van der Waals surface area contributed by atoms with Gasteiger partial charge in [0.05, 0.1) is 5.75 Å². The minimum absolute atomic E-state index is 0.154. The van der Waals surface area contributed by atoms with E-state index in [-0.39, 0.29) is 5.75 Å². The third kappa shape index (κ3) is 6.57. The maximum absolute atomic E-state index is 11.0. The van der Waals surface area contributed by atoms with Crippen molar-refractivity contribution in [3.05, 3.63) is 0 Å². The molecule has 0 aromatic heterocycles. The SMILES string of the molecule is CCNS(=O)(=O)CCCOCC. The molecule has 12 heavy (non-hydrogen) atoms. The van der Waals surface area contributed by atoms with Gasteiger partial charge in [-0.25, -0.2) is 13.1 Å². The van der Waals surface area contributed by atoms with Crippen LogP contribution in [0.25, 0.3) is 0 Å². The second kappa shape index (κ2) is 6.39. The summed E-state index contributed by atoms with van der Waals surface area (Å²) in [6.45, 7) is 5.26. The van der Waals surface area contributed by atoms with Crippen molar-refractivity contribution in [3.8, 4) is 0 Å². The van der Waals surface area contributed by atoms with E-state index in [2.05, 4.69) is 4.72 Å². The van der Waals surface area contributed by atoms with Crippen LogP contribution >= 0.6 is 0 Å². The first-order valence-corrected chi connectivity index (χ1v) is 5.82. The molecule has 0 heterocycles. The van der Waals surface area contributed by atoms with Gasteiger partial charge < -0.3 is 4.74 Å². The topological polar surface area (TPSA) is 55.4 Å². The monoisotopic (exact) mass is 195 g/mol. The lowest BCUT2D eigenvalue weighted by Crippen LogP contribution is -2.26. The highest BCUT2D eigenvalue weighted by Gasteiger charge is 2.06. The normalized spacial score (nSPS) is 11.8. The van der Waals surface area contributed by atoms with E-state index in [0.717, 1.165) is 0 Å². The van der Waals surface area contributed by atoms with Crippen LogP contribution in [0.5, 0.6) is 0 Å². The van der Waals surface area contributed by atoms with Gasteiger partial charge in [0, 0.05) is 19.8 Å². The van der Waals surface area contributed by atoms with Gasteiger partial charge in [0.15, 0.2) is 0 Å². The Balaban J connectivity index is 3.48. The van der Waals surface area contributed by atoms with Crippen LogP contribution in [0.2, 0.25) is 0 Å². The molecule has 5 heteroatoms. The number of rotatable bonds is 7. The van der Waals surface area contributed by atoms with Gasteiger partial charge in [-0.1, -0.05) is 6.92 Å². The Labute approximate surface area is 74.4 Å². The summed E-state index contributed by atoms with van der Waals surface area (Å²) < 4.78 is 29.5. The molecule has 0 saturated carbocycles. The van der Waals surface area contributed by atoms with Crippen molar-refractivity contribution in [2.24, 2.45) is 0 Å². The summed E-state index contributed by atoms with van der Waals surface area (Å²) in [6.07, 6.45) is 0.559. The fraction of sp³-hybridized carbons (Fsp3) is 1.00. The van der Waals surface area contributed by atoms with Crippen molar-refractivity contribution in [3.63, 3.8) is 0 Å². The van der Waals surface area contributed by atoms with Crippen LogP contribution in [0, 0.1) is 0 Å². The lowest BCUT2D eigenvalue weighted by molar-refractivity contribution is 0.148. The molecule has 0 bridgehead atoms. The molecule has 0 radical (unpaired) electrons. The summed E-state index contributed by atoms with van der Waals surface area (Å²) in [5.41, 5.74) is 0. The third-order valence-corrected chi connectivity index (χ3v) is 2.82. The largest absolute Gasteiger partial charge is 0.382 e. The van der Waals surface area contributed by atoms with Crippen LogP contribution in [0.4, 0.5) is 0 Å². The summed E-state index contributed by atoms with van der Waals surface area (Å²) in [4.78, 5) is 0. The third-order valence-electron chi connectivity index (χ3n) is 1.27. The Morgan fingerprint density at radius 1 is 1.33 bits per heavy atom. The fourth-order valence-corrected chi connectivity index (χ4v) is 1.87. The lowest BCUT2D eigenvalue weighted by atomic mass is 10.5. The number of sulfonamides is 1. The highest BCUT2D eigenvalue weighted by Crippen LogP contribution is 1.89. The molecule has 0 aliphatic rings. The van der Waals surface area contributed by atoms with Gasteiger partial charge in [-0.3, -0.25) is 0 Å². The molecule has 0 aliphatic heterocycles. The molecule has 0 atom stereocenters. The Morgan fingerprint density at radius 2 is 2.00 bits per heavy atom. The van der Waals surface area contributed by atoms with Gasteiger partial charge in [-0.2, -0.15) is 0 Å². The van der Waals surface area contributed by atoms with Crippen molar-refractivity contribution in [1.82, 2.24) is 4.72 Å². The van der Waals surface area contributed by atoms with Gasteiger partial charge in [0.25, 0.3) is 0 Å².